The second kappa shape index (κ2) is 15.6. The minimum absolute atomic E-state index is 0.0199. The van der Waals surface area contributed by atoms with Gasteiger partial charge in [0.25, 0.3) is 11.8 Å². The Bertz CT molecular complexity index is 1910. The number of carbonyl (C=O) groups excluding carboxylic acids is 4. The number of anilines is 2. The summed E-state index contributed by atoms with van der Waals surface area (Å²) in [6.07, 6.45) is 2.22. The quantitative estimate of drug-likeness (QED) is 0.125. The van der Waals surface area contributed by atoms with Gasteiger partial charge in [0.1, 0.15) is 16.8 Å². The molecule has 4 amide bonds. The maximum absolute atomic E-state index is 13.5. The minimum Gasteiger partial charge on any atom is -0.337 e. The number of hydrogen-bond acceptors (Lipinski definition) is 7. The summed E-state index contributed by atoms with van der Waals surface area (Å²) in [4.78, 5) is 54.7. The molecule has 1 aromatic heterocycles. The zero-order valence-corrected chi connectivity index (χ0v) is 28.5. The smallest absolute Gasteiger partial charge is 0.272 e. The Morgan fingerprint density at radius 2 is 1.75 bits per heavy atom. The lowest BCUT2D eigenvalue weighted by Gasteiger charge is -2.25. The Kier molecular flexibility index (Phi) is 11.1. The highest BCUT2D eigenvalue weighted by atomic mass is 32.2. The molecule has 0 spiro atoms. The highest BCUT2D eigenvalue weighted by molar-refractivity contribution is 8.00. The molecule has 1 aliphatic heterocycles. The number of thioether (sulfide) groups is 1. The number of rotatable bonds is 10. The molecule has 48 heavy (non-hydrogen) atoms. The minimum atomic E-state index is -0.499. The molecule has 3 aromatic carbocycles. The molecule has 3 N–H and O–H groups in total. The number of nitriles is 1. The number of nitrogens with one attached hydrogen (secondary N) is 3. The average molecular weight is 678 g/mol. The van der Waals surface area contributed by atoms with Crippen molar-refractivity contribution in [2.45, 2.75) is 44.6 Å². The van der Waals surface area contributed by atoms with Crippen LogP contribution in [0.3, 0.4) is 0 Å². The molecule has 0 saturated carbocycles. The molecule has 0 atom stereocenters. The number of benzene rings is 3. The van der Waals surface area contributed by atoms with Gasteiger partial charge in [0.2, 0.25) is 11.8 Å². The zero-order chi connectivity index (χ0) is 34.2. The molecule has 0 fully saturated rings. The maximum Gasteiger partial charge on any atom is 0.272 e. The van der Waals surface area contributed by atoms with Crippen LogP contribution < -0.4 is 16.0 Å². The van der Waals surface area contributed by atoms with Gasteiger partial charge in [-0.1, -0.05) is 62.4 Å². The van der Waals surface area contributed by atoms with E-state index in [9.17, 15) is 24.4 Å². The van der Waals surface area contributed by atoms with Gasteiger partial charge in [0.05, 0.1) is 17.9 Å². The van der Waals surface area contributed by atoms with Crippen molar-refractivity contribution < 1.29 is 19.2 Å². The van der Waals surface area contributed by atoms with Gasteiger partial charge in [-0.3, -0.25) is 19.2 Å². The van der Waals surface area contributed by atoms with Crippen molar-refractivity contribution in [2.24, 2.45) is 0 Å². The third-order valence-corrected chi connectivity index (χ3v) is 9.90. The fourth-order valence-electron chi connectivity index (χ4n) is 5.14. The molecule has 0 saturated heterocycles. The summed E-state index contributed by atoms with van der Waals surface area (Å²) in [7, 11) is 0. The van der Waals surface area contributed by atoms with Gasteiger partial charge in [-0.15, -0.1) is 23.1 Å². The lowest BCUT2D eigenvalue weighted by molar-refractivity contribution is -0.129. The topological polar surface area (TPSA) is 131 Å². The van der Waals surface area contributed by atoms with Crippen LogP contribution in [0.1, 0.15) is 64.2 Å². The van der Waals surface area contributed by atoms with E-state index in [0.29, 0.717) is 47.2 Å². The SMILES string of the molecule is CC(=O)N1CCc2c(sc(NC(=O)CSc3cccc(NC(=O)/C(=C\c4ccc(C(C)C)cc4)NC(=O)c4ccccc4)c3)c2C#N)C1. The van der Waals surface area contributed by atoms with Crippen molar-refractivity contribution in [3.8, 4) is 6.07 Å². The Morgan fingerprint density at radius 1 is 1.00 bits per heavy atom. The number of hydrogen-bond donors (Lipinski definition) is 3. The lowest BCUT2D eigenvalue weighted by Crippen LogP contribution is -2.33. The van der Waals surface area contributed by atoms with Crippen LogP contribution in [0.15, 0.2) is 89.5 Å². The van der Waals surface area contributed by atoms with Gasteiger partial charge in [-0.05, 0) is 65.4 Å². The molecule has 4 aromatic rings. The van der Waals surface area contributed by atoms with E-state index in [1.165, 1.54) is 30.0 Å². The van der Waals surface area contributed by atoms with E-state index in [4.69, 9.17) is 0 Å². The summed E-state index contributed by atoms with van der Waals surface area (Å²) in [5, 5.41) is 18.8. The second-order valence-electron chi connectivity index (χ2n) is 11.5. The van der Waals surface area contributed by atoms with Crippen molar-refractivity contribution in [2.75, 3.05) is 22.9 Å². The monoisotopic (exact) mass is 677 g/mol. The summed E-state index contributed by atoms with van der Waals surface area (Å²) >= 11 is 2.62. The molecule has 0 aliphatic carbocycles. The molecule has 0 bridgehead atoms. The van der Waals surface area contributed by atoms with Gasteiger partial charge < -0.3 is 20.9 Å². The second-order valence-corrected chi connectivity index (χ2v) is 13.7. The first-order chi connectivity index (χ1) is 23.1. The fourth-order valence-corrected chi connectivity index (χ4v) is 7.12. The molecule has 0 radical (unpaired) electrons. The Labute approximate surface area is 288 Å². The Hall–Kier alpha value is -5.18. The standard InChI is InChI=1S/C37H35N5O4S2/c1-23(2)26-14-12-25(13-15-26)18-32(40-35(45)27-8-5-4-6-9-27)36(46)39-28-10-7-11-29(19-28)47-22-34(44)41-37-31(20-38)30-16-17-42(24(3)43)21-33(30)48-37/h4-15,18-19,23H,16-17,21-22H2,1-3H3,(H,39,46)(H,40,45)(H,41,44)/b32-18+. The van der Waals surface area contributed by atoms with E-state index in [1.54, 1.807) is 53.4 Å². The number of thiophene rings is 1. The summed E-state index contributed by atoms with van der Waals surface area (Å²) in [5.74, 6) is -0.765. The summed E-state index contributed by atoms with van der Waals surface area (Å²) in [6.45, 7) is 6.72. The first kappa shape index (κ1) is 34.2. The van der Waals surface area contributed by atoms with Crippen LogP contribution >= 0.6 is 23.1 Å². The van der Waals surface area contributed by atoms with Crippen molar-refractivity contribution in [3.63, 3.8) is 0 Å². The summed E-state index contributed by atoms with van der Waals surface area (Å²) in [5.41, 5.74) is 4.27. The molecule has 11 heteroatoms. The third-order valence-electron chi connectivity index (χ3n) is 7.77. The number of nitrogens with zero attached hydrogens (tertiary/aromatic N) is 2. The van der Waals surface area contributed by atoms with Crippen LogP contribution in [-0.2, 0) is 27.3 Å². The van der Waals surface area contributed by atoms with Crippen LogP contribution in [0.5, 0.6) is 0 Å². The number of amides is 4. The van der Waals surface area contributed by atoms with Gasteiger partial charge in [0, 0.05) is 34.5 Å². The largest absolute Gasteiger partial charge is 0.337 e. The van der Waals surface area contributed by atoms with Crippen LogP contribution in [0.2, 0.25) is 0 Å². The highest BCUT2D eigenvalue weighted by Gasteiger charge is 2.26. The van der Waals surface area contributed by atoms with Crippen LogP contribution in [0, 0.1) is 11.3 Å². The molecule has 244 valence electrons. The van der Waals surface area contributed by atoms with Crippen molar-refractivity contribution in [3.05, 3.63) is 117 Å². The molecular formula is C37H35N5O4S2. The van der Waals surface area contributed by atoms with Crippen molar-refractivity contribution in [1.82, 2.24) is 10.2 Å². The van der Waals surface area contributed by atoms with E-state index in [1.807, 2.05) is 36.4 Å². The molecular weight excluding hydrogens is 643 g/mol. The zero-order valence-electron chi connectivity index (χ0n) is 26.8. The molecule has 2 heterocycles. The third kappa shape index (κ3) is 8.59. The van der Waals surface area contributed by atoms with E-state index in [0.717, 1.165) is 26.5 Å². The van der Waals surface area contributed by atoms with Crippen LogP contribution in [0.4, 0.5) is 10.7 Å². The van der Waals surface area contributed by atoms with E-state index in [-0.39, 0.29) is 23.3 Å². The van der Waals surface area contributed by atoms with E-state index >= 15 is 0 Å². The Balaban J connectivity index is 1.26. The van der Waals surface area contributed by atoms with Gasteiger partial charge in [0.15, 0.2) is 0 Å². The molecule has 9 nitrogen and oxygen atoms in total. The highest BCUT2D eigenvalue weighted by Crippen LogP contribution is 2.37. The average Bonchev–Trinajstić information content (AvgIpc) is 3.43. The number of fused-ring (bicyclic) bond motifs is 1. The van der Waals surface area contributed by atoms with Gasteiger partial charge >= 0.3 is 0 Å². The van der Waals surface area contributed by atoms with Crippen LogP contribution in [-0.4, -0.2) is 40.8 Å². The molecule has 1 aliphatic rings. The molecule has 0 unspecified atom stereocenters. The van der Waals surface area contributed by atoms with Gasteiger partial charge in [-0.2, -0.15) is 5.26 Å². The number of carbonyl (C=O) groups is 4. The fraction of sp³-hybridized carbons (Fsp3) is 0.216. The van der Waals surface area contributed by atoms with E-state index in [2.05, 4.69) is 35.9 Å². The van der Waals surface area contributed by atoms with Gasteiger partial charge in [-0.25, -0.2) is 0 Å². The normalized spacial score (nSPS) is 12.6. The lowest BCUT2D eigenvalue weighted by atomic mass is 10.0. The summed E-state index contributed by atoms with van der Waals surface area (Å²) < 4.78 is 0. The van der Waals surface area contributed by atoms with E-state index < -0.39 is 11.8 Å². The van der Waals surface area contributed by atoms with Crippen molar-refractivity contribution in [1.29, 1.82) is 5.26 Å². The predicted octanol–water partition coefficient (Wildman–Crippen LogP) is 6.79. The van der Waals surface area contributed by atoms with Crippen LogP contribution in [0.25, 0.3) is 6.08 Å². The summed E-state index contributed by atoms with van der Waals surface area (Å²) in [6, 6.07) is 25.8. The Morgan fingerprint density at radius 3 is 2.44 bits per heavy atom. The van der Waals surface area contributed by atoms with Crippen molar-refractivity contribution >= 4 is 63.5 Å². The predicted molar refractivity (Wildman–Crippen MR) is 191 cm³/mol. The maximum atomic E-state index is 13.5. The first-order valence-corrected chi connectivity index (χ1v) is 17.2. The molecule has 5 rings (SSSR count). The first-order valence-electron chi connectivity index (χ1n) is 15.4.